The topological polar surface area (TPSA) is 74.7 Å². The van der Waals surface area contributed by atoms with Gasteiger partial charge in [0, 0.05) is 6.07 Å². The zero-order chi connectivity index (χ0) is 12.5. The molecule has 0 saturated carbocycles. The largest absolute Gasteiger partial charge is 0.508 e. The highest BCUT2D eigenvalue weighted by atomic mass is 32.1. The Labute approximate surface area is 108 Å². The number of H-pyrrole nitrogens is 1. The number of aryl methyl sites for hydroxylation is 1. The summed E-state index contributed by atoms with van der Waals surface area (Å²) in [6.45, 7) is 2.11. The summed E-state index contributed by atoms with van der Waals surface area (Å²) in [5.74, 6) is 1.00. The standard InChI is InChI=1S/C12H12N4OS/c1-2-3-9-11(18-16-15-9)12-13-8-5-4-7(17)6-10(8)14-12/h4-6,17H,2-3H2,1H3,(H,13,14). The second-order valence-corrected chi connectivity index (χ2v) is 4.84. The lowest BCUT2D eigenvalue weighted by atomic mass is 10.2. The average molecular weight is 260 g/mol. The summed E-state index contributed by atoms with van der Waals surface area (Å²) in [4.78, 5) is 8.68. The Morgan fingerprint density at radius 3 is 3.11 bits per heavy atom. The molecular formula is C12H12N4OS. The van der Waals surface area contributed by atoms with Crippen LogP contribution in [0.1, 0.15) is 19.0 Å². The van der Waals surface area contributed by atoms with Crippen LogP contribution in [0.4, 0.5) is 0 Å². The second-order valence-electron chi connectivity index (χ2n) is 4.09. The number of benzene rings is 1. The molecule has 0 amide bonds. The minimum absolute atomic E-state index is 0.230. The number of nitrogens with zero attached hydrogens (tertiary/aromatic N) is 3. The van der Waals surface area contributed by atoms with Gasteiger partial charge in [-0.15, -0.1) is 5.10 Å². The maximum absolute atomic E-state index is 9.44. The number of hydrogen-bond donors (Lipinski definition) is 2. The number of aromatic hydroxyl groups is 1. The molecule has 6 heteroatoms. The Bertz CT molecular complexity index is 688. The summed E-state index contributed by atoms with van der Waals surface area (Å²) in [5, 5.41) is 13.6. The van der Waals surface area contributed by atoms with Crippen LogP contribution in [0, 0.1) is 0 Å². The first kappa shape index (κ1) is 11.2. The number of imidazole rings is 1. The summed E-state index contributed by atoms with van der Waals surface area (Å²) in [7, 11) is 0. The quantitative estimate of drug-likeness (QED) is 0.759. The Kier molecular flexibility index (Phi) is 2.71. The molecule has 0 radical (unpaired) electrons. The van der Waals surface area contributed by atoms with Gasteiger partial charge < -0.3 is 10.1 Å². The highest BCUT2D eigenvalue weighted by Crippen LogP contribution is 2.27. The van der Waals surface area contributed by atoms with Crippen molar-refractivity contribution in [2.24, 2.45) is 0 Å². The minimum atomic E-state index is 0.230. The van der Waals surface area contributed by atoms with Crippen molar-refractivity contribution in [2.45, 2.75) is 19.8 Å². The third-order valence-electron chi connectivity index (χ3n) is 2.72. The summed E-state index contributed by atoms with van der Waals surface area (Å²) < 4.78 is 3.99. The van der Waals surface area contributed by atoms with Crippen LogP contribution in [0.5, 0.6) is 5.75 Å². The van der Waals surface area contributed by atoms with Crippen molar-refractivity contribution in [1.29, 1.82) is 0 Å². The van der Waals surface area contributed by atoms with Crippen LogP contribution in [0.25, 0.3) is 21.7 Å². The number of aromatic nitrogens is 4. The van der Waals surface area contributed by atoms with Crippen molar-refractivity contribution in [3.63, 3.8) is 0 Å². The van der Waals surface area contributed by atoms with E-state index >= 15 is 0 Å². The molecule has 1 aromatic carbocycles. The van der Waals surface area contributed by atoms with Gasteiger partial charge in [0.05, 0.1) is 16.7 Å². The molecule has 18 heavy (non-hydrogen) atoms. The van der Waals surface area contributed by atoms with Crippen LogP contribution in [-0.4, -0.2) is 24.7 Å². The molecule has 3 aromatic rings. The van der Waals surface area contributed by atoms with E-state index in [-0.39, 0.29) is 5.75 Å². The summed E-state index contributed by atoms with van der Waals surface area (Å²) >= 11 is 1.34. The normalized spacial score (nSPS) is 11.2. The van der Waals surface area contributed by atoms with Gasteiger partial charge in [-0.3, -0.25) is 0 Å². The molecule has 0 bridgehead atoms. The third kappa shape index (κ3) is 1.84. The van der Waals surface area contributed by atoms with Crippen molar-refractivity contribution in [2.75, 3.05) is 0 Å². The van der Waals surface area contributed by atoms with Crippen molar-refractivity contribution in [1.82, 2.24) is 19.6 Å². The molecule has 3 rings (SSSR count). The second kappa shape index (κ2) is 4.38. The van der Waals surface area contributed by atoms with Crippen LogP contribution in [0.2, 0.25) is 0 Å². The van der Waals surface area contributed by atoms with Crippen molar-refractivity contribution in [3.8, 4) is 16.5 Å². The Morgan fingerprint density at radius 1 is 1.39 bits per heavy atom. The third-order valence-corrected chi connectivity index (χ3v) is 3.50. The van der Waals surface area contributed by atoms with Crippen molar-refractivity contribution >= 4 is 22.6 Å². The fourth-order valence-electron chi connectivity index (χ4n) is 1.89. The fourth-order valence-corrected chi connectivity index (χ4v) is 2.55. The zero-order valence-electron chi connectivity index (χ0n) is 9.84. The monoisotopic (exact) mass is 260 g/mol. The molecule has 2 aromatic heterocycles. The van der Waals surface area contributed by atoms with E-state index in [0.717, 1.165) is 40.3 Å². The number of rotatable bonds is 3. The van der Waals surface area contributed by atoms with Gasteiger partial charge in [0.2, 0.25) is 0 Å². The molecule has 92 valence electrons. The Morgan fingerprint density at radius 2 is 2.28 bits per heavy atom. The van der Waals surface area contributed by atoms with E-state index in [1.807, 2.05) is 0 Å². The lowest BCUT2D eigenvalue weighted by Gasteiger charge is -1.94. The maximum atomic E-state index is 9.44. The van der Waals surface area contributed by atoms with E-state index in [1.54, 1.807) is 18.2 Å². The molecule has 0 aliphatic heterocycles. The first-order valence-corrected chi connectivity index (χ1v) is 6.55. The van der Waals surface area contributed by atoms with Crippen LogP contribution in [0.15, 0.2) is 18.2 Å². The molecule has 0 atom stereocenters. The fraction of sp³-hybridized carbons (Fsp3) is 0.250. The van der Waals surface area contributed by atoms with E-state index in [4.69, 9.17) is 0 Å². The summed E-state index contributed by atoms with van der Waals surface area (Å²) in [6.07, 6.45) is 1.92. The van der Waals surface area contributed by atoms with E-state index in [9.17, 15) is 5.11 Å². The smallest absolute Gasteiger partial charge is 0.152 e. The first-order chi connectivity index (χ1) is 8.78. The molecule has 5 nitrogen and oxygen atoms in total. The molecular weight excluding hydrogens is 248 g/mol. The van der Waals surface area contributed by atoms with Gasteiger partial charge in [-0.2, -0.15) is 0 Å². The molecule has 2 N–H and O–H groups in total. The van der Waals surface area contributed by atoms with E-state index in [0.29, 0.717) is 0 Å². The molecule has 0 aliphatic carbocycles. The number of nitrogens with one attached hydrogen (secondary N) is 1. The Hall–Kier alpha value is -1.95. The predicted molar refractivity (Wildman–Crippen MR) is 70.7 cm³/mol. The van der Waals surface area contributed by atoms with Gasteiger partial charge in [0.25, 0.3) is 0 Å². The predicted octanol–water partition coefficient (Wildman–Crippen LogP) is 2.74. The van der Waals surface area contributed by atoms with Gasteiger partial charge in [-0.1, -0.05) is 17.8 Å². The summed E-state index contributed by atoms with van der Waals surface area (Å²) in [5.41, 5.74) is 2.63. The molecule has 0 aliphatic rings. The van der Waals surface area contributed by atoms with Gasteiger partial charge in [0.1, 0.15) is 10.6 Å². The molecule has 0 saturated heterocycles. The number of phenols is 1. The lowest BCUT2D eigenvalue weighted by molar-refractivity contribution is 0.476. The first-order valence-electron chi connectivity index (χ1n) is 5.78. The van der Waals surface area contributed by atoms with Crippen LogP contribution >= 0.6 is 11.5 Å². The maximum Gasteiger partial charge on any atom is 0.152 e. The number of phenolic OH excluding ortho intramolecular Hbond substituents is 1. The van der Waals surface area contributed by atoms with E-state index in [2.05, 4.69) is 26.5 Å². The Balaban J connectivity index is 2.10. The van der Waals surface area contributed by atoms with E-state index < -0.39 is 0 Å². The van der Waals surface area contributed by atoms with Gasteiger partial charge in [0.15, 0.2) is 5.82 Å². The number of hydrogen-bond acceptors (Lipinski definition) is 5. The molecule has 0 fully saturated rings. The highest BCUT2D eigenvalue weighted by Gasteiger charge is 2.13. The van der Waals surface area contributed by atoms with Crippen molar-refractivity contribution in [3.05, 3.63) is 23.9 Å². The van der Waals surface area contributed by atoms with E-state index in [1.165, 1.54) is 11.5 Å². The minimum Gasteiger partial charge on any atom is -0.508 e. The number of aromatic amines is 1. The average Bonchev–Trinajstić information content (AvgIpc) is 2.94. The van der Waals surface area contributed by atoms with Crippen LogP contribution < -0.4 is 0 Å². The van der Waals surface area contributed by atoms with Gasteiger partial charge >= 0.3 is 0 Å². The molecule has 0 spiro atoms. The lowest BCUT2D eigenvalue weighted by Crippen LogP contribution is -1.88. The number of fused-ring (bicyclic) bond motifs is 1. The van der Waals surface area contributed by atoms with Gasteiger partial charge in [-0.05, 0) is 30.1 Å². The summed E-state index contributed by atoms with van der Waals surface area (Å²) in [6, 6.07) is 5.09. The molecule has 2 heterocycles. The molecule has 0 unspecified atom stereocenters. The highest BCUT2D eigenvalue weighted by molar-refractivity contribution is 7.09. The van der Waals surface area contributed by atoms with Crippen molar-refractivity contribution < 1.29 is 5.11 Å². The van der Waals surface area contributed by atoms with Gasteiger partial charge in [-0.25, -0.2) is 4.98 Å². The zero-order valence-corrected chi connectivity index (χ0v) is 10.7. The van der Waals surface area contributed by atoms with Crippen LogP contribution in [0.3, 0.4) is 0 Å². The SMILES string of the molecule is CCCc1nnsc1-c1nc2ccc(O)cc2[nH]1. The van der Waals surface area contributed by atoms with Crippen LogP contribution in [-0.2, 0) is 6.42 Å².